The van der Waals surface area contributed by atoms with Crippen molar-refractivity contribution in [2.24, 2.45) is 11.3 Å². The molecular formula is C18H26N4O3. The average molecular weight is 346 g/mol. The Kier molecular flexibility index (Phi) is 5.32. The van der Waals surface area contributed by atoms with Gasteiger partial charge in [-0.05, 0) is 24.7 Å². The zero-order chi connectivity index (χ0) is 17.9. The Bertz CT molecular complexity index is 614. The van der Waals surface area contributed by atoms with E-state index in [1.165, 1.54) is 0 Å². The van der Waals surface area contributed by atoms with Crippen molar-refractivity contribution >= 4 is 11.8 Å². The van der Waals surface area contributed by atoms with Crippen LogP contribution in [0.2, 0.25) is 0 Å². The Morgan fingerprint density at radius 1 is 1.20 bits per heavy atom. The molecule has 0 radical (unpaired) electrons. The molecule has 1 aromatic rings. The maximum absolute atomic E-state index is 12.6. The van der Waals surface area contributed by atoms with Gasteiger partial charge in [-0.2, -0.15) is 0 Å². The molecule has 0 aliphatic carbocycles. The number of amides is 2. The summed E-state index contributed by atoms with van der Waals surface area (Å²) in [5, 5.41) is 9.93. The van der Waals surface area contributed by atoms with E-state index < -0.39 is 0 Å². The van der Waals surface area contributed by atoms with Crippen molar-refractivity contribution in [2.75, 3.05) is 32.8 Å². The number of nitrogens with zero attached hydrogens (tertiary/aromatic N) is 4. The predicted octanol–water partition coefficient (Wildman–Crippen LogP) is 0.489. The van der Waals surface area contributed by atoms with Crippen LogP contribution in [0.4, 0.5) is 0 Å². The van der Waals surface area contributed by atoms with Gasteiger partial charge in [0.2, 0.25) is 11.8 Å². The standard InChI is InChI=1S/C18H26N4O3/c1-14(24)21-7-2-18(3-8-21)4-9-22(12-15(18)13-23)17(25)10-16-11-19-5-6-20-16/h5-6,11,15,23H,2-4,7-10,12-13H2,1H3/t15-/m0/s1. The fraction of sp³-hybridized carbons (Fsp3) is 0.667. The Balaban J connectivity index is 1.62. The third-order valence-electron chi connectivity index (χ3n) is 5.91. The third kappa shape index (κ3) is 3.81. The predicted molar refractivity (Wildman–Crippen MR) is 91.4 cm³/mol. The minimum absolute atomic E-state index is 0.0370. The molecule has 0 unspecified atom stereocenters. The highest BCUT2D eigenvalue weighted by Crippen LogP contribution is 2.45. The van der Waals surface area contributed by atoms with Crippen LogP contribution in [-0.4, -0.2) is 69.5 Å². The maximum Gasteiger partial charge on any atom is 0.228 e. The molecule has 136 valence electrons. The quantitative estimate of drug-likeness (QED) is 0.861. The fourth-order valence-electron chi connectivity index (χ4n) is 4.20. The molecule has 3 heterocycles. The van der Waals surface area contributed by atoms with Gasteiger partial charge in [-0.15, -0.1) is 0 Å². The van der Waals surface area contributed by atoms with Gasteiger partial charge in [-0.3, -0.25) is 19.6 Å². The highest BCUT2D eigenvalue weighted by molar-refractivity contribution is 5.78. The summed E-state index contributed by atoms with van der Waals surface area (Å²) in [7, 11) is 0. The third-order valence-corrected chi connectivity index (χ3v) is 5.91. The summed E-state index contributed by atoms with van der Waals surface area (Å²) >= 11 is 0. The molecule has 1 N–H and O–H groups in total. The minimum atomic E-state index is 0.0370. The summed E-state index contributed by atoms with van der Waals surface area (Å²) in [5.74, 6) is 0.225. The highest BCUT2D eigenvalue weighted by Gasteiger charge is 2.45. The first kappa shape index (κ1) is 17.8. The van der Waals surface area contributed by atoms with Crippen molar-refractivity contribution in [1.29, 1.82) is 0 Å². The van der Waals surface area contributed by atoms with Crippen LogP contribution in [0.5, 0.6) is 0 Å². The van der Waals surface area contributed by atoms with E-state index in [0.717, 1.165) is 32.4 Å². The second-order valence-electron chi connectivity index (χ2n) is 7.21. The Hall–Kier alpha value is -2.02. The summed E-state index contributed by atoms with van der Waals surface area (Å²) < 4.78 is 0. The van der Waals surface area contributed by atoms with E-state index in [-0.39, 0.29) is 36.2 Å². The molecule has 25 heavy (non-hydrogen) atoms. The highest BCUT2D eigenvalue weighted by atomic mass is 16.3. The molecule has 0 aromatic carbocycles. The molecule has 2 saturated heterocycles. The van der Waals surface area contributed by atoms with Crippen LogP contribution in [0.1, 0.15) is 31.9 Å². The molecule has 1 atom stereocenters. The summed E-state index contributed by atoms with van der Waals surface area (Å²) in [5.41, 5.74) is 0.715. The molecule has 3 rings (SSSR count). The SMILES string of the molecule is CC(=O)N1CCC2(CC1)CCN(C(=O)Cc1cnccn1)C[C@H]2CO. The zero-order valence-electron chi connectivity index (χ0n) is 14.7. The van der Waals surface area contributed by atoms with Crippen molar-refractivity contribution in [2.45, 2.75) is 32.6 Å². The second kappa shape index (κ2) is 7.47. The van der Waals surface area contributed by atoms with E-state index in [4.69, 9.17) is 0 Å². The normalized spacial score (nSPS) is 22.9. The lowest BCUT2D eigenvalue weighted by atomic mass is 9.64. The first-order chi connectivity index (χ1) is 12.0. The largest absolute Gasteiger partial charge is 0.396 e. The second-order valence-corrected chi connectivity index (χ2v) is 7.21. The van der Waals surface area contributed by atoms with Gasteiger partial charge in [-0.25, -0.2) is 0 Å². The molecule has 0 saturated carbocycles. The van der Waals surface area contributed by atoms with E-state index >= 15 is 0 Å². The Morgan fingerprint density at radius 2 is 1.88 bits per heavy atom. The van der Waals surface area contributed by atoms with Crippen molar-refractivity contribution in [3.63, 3.8) is 0 Å². The number of piperidine rings is 2. The van der Waals surface area contributed by atoms with Gasteiger partial charge >= 0.3 is 0 Å². The summed E-state index contributed by atoms with van der Waals surface area (Å²) in [6.07, 6.45) is 7.74. The maximum atomic E-state index is 12.6. The van der Waals surface area contributed by atoms with E-state index in [1.54, 1.807) is 25.5 Å². The van der Waals surface area contributed by atoms with Gasteiger partial charge in [0.15, 0.2) is 0 Å². The van der Waals surface area contributed by atoms with Gasteiger partial charge in [0, 0.05) is 64.2 Å². The Labute approximate surface area is 148 Å². The molecule has 2 amide bonds. The molecule has 0 bridgehead atoms. The first-order valence-electron chi connectivity index (χ1n) is 8.93. The molecule has 2 aliphatic rings. The number of rotatable bonds is 3. The number of carbonyl (C=O) groups is 2. The number of aliphatic hydroxyl groups is 1. The lowest BCUT2D eigenvalue weighted by Crippen LogP contribution is -2.55. The average Bonchev–Trinajstić information content (AvgIpc) is 2.63. The summed E-state index contributed by atoms with van der Waals surface area (Å²) in [6.45, 7) is 4.47. The molecule has 7 nitrogen and oxygen atoms in total. The molecule has 1 aromatic heterocycles. The lowest BCUT2D eigenvalue weighted by molar-refractivity contribution is -0.139. The summed E-state index contributed by atoms with van der Waals surface area (Å²) in [4.78, 5) is 36.0. The number of hydrogen-bond acceptors (Lipinski definition) is 5. The number of aromatic nitrogens is 2. The van der Waals surface area contributed by atoms with Gasteiger partial charge in [-0.1, -0.05) is 0 Å². The molecule has 2 aliphatic heterocycles. The fourth-order valence-corrected chi connectivity index (χ4v) is 4.20. The lowest BCUT2D eigenvalue weighted by Gasteiger charge is -2.51. The molecule has 1 spiro atoms. The number of carbonyl (C=O) groups excluding carboxylic acids is 2. The number of likely N-dealkylation sites (tertiary alicyclic amines) is 2. The molecule has 7 heteroatoms. The van der Waals surface area contributed by atoms with Crippen LogP contribution >= 0.6 is 0 Å². The first-order valence-corrected chi connectivity index (χ1v) is 8.93. The van der Waals surface area contributed by atoms with E-state index in [0.29, 0.717) is 18.8 Å². The van der Waals surface area contributed by atoms with Gasteiger partial charge in [0.05, 0.1) is 12.1 Å². The monoisotopic (exact) mass is 346 g/mol. The summed E-state index contributed by atoms with van der Waals surface area (Å²) in [6, 6.07) is 0. The van der Waals surface area contributed by atoms with Gasteiger partial charge in [0.25, 0.3) is 0 Å². The van der Waals surface area contributed by atoms with Gasteiger partial charge < -0.3 is 14.9 Å². The van der Waals surface area contributed by atoms with Crippen LogP contribution < -0.4 is 0 Å². The van der Waals surface area contributed by atoms with Crippen molar-refractivity contribution in [3.05, 3.63) is 24.3 Å². The van der Waals surface area contributed by atoms with Crippen LogP contribution in [0.15, 0.2) is 18.6 Å². The minimum Gasteiger partial charge on any atom is -0.396 e. The van der Waals surface area contributed by atoms with Crippen molar-refractivity contribution in [3.8, 4) is 0 Å². The molecular weight excluding hydrogens is 320 g/mol. The van der Waals surface area contributed by atoms with Crippen LogP contribution in [0.25, 0.3) is 0 Å². The van der Waals surface area contributed by atoms with Crippen LogP contribution in [-0.2, 0) is 16.0 Å². The zero-order valence-corrected chi connectivity index (χ0v) is 14.7. The smallest absolute Gasteiger partial charge is 0.228 e. The molecule has 2 fully saturated rings. The van der Waals surface area contributed by atoms with E-state index in [1.807, 2.05) is 9.80 Å². The van der Waals surface area contributed by atoms with Crippen LogP contribution in [0, 0.1) is 11.3 Å². The van der Waals surface area contributed by atoms with Gasteiger partial charge in [0.1, 0.15) is 0 Å². The van der Waals surface area contributed by atoms with E-state index in [2.05, 4.69) is 9.97 Å². The van der Waals surface area contributed by atoms with E-state index in [9.17, 15) is 14.7 Å². The number of hydrogen-bond donors (Lipinski definition) is 1. The Morgan fingerprint density at radius 3 is 2.44 bits per heavy atom. The van der Waals surface area contributed by atoms with Crippen molar-refractivity contribution in [1.82, 2.24) is 19.8 Å². The number of aliphatic hydroxyl groups excluding tert-OH is 1. The topological polar surface area (TPSA) is 86.6 Å². The van der Waals surface area contributed by atoms with Crippen molar-refractivity contribution < 1.29 is 14.7 Å². The van der Waals surface area contributed by atoms with Crippen LogP contribution in [0.3, 0.4) is 0 Å².